The Hall–Kier alpha value is -3.19. The number of ether oxygens (including phenoxy) is 1. The Labute approximate surface area is 213 Å². The smallest absolute Gasteiger partial charge is 0.307 e. The van der Waals surface area contributed by atoms with E-state index in [1.807, 2.05) is 0 Å². The van der Waals surface area contributed by atoms with Gasteiger partial charge in [-0.3, -0.25) is 9.59 Å². The third-order valence-corrected chi connectivity index (χ3v) is 5.86. The molecule has 0 radical (unpaired) electrons. The van der Waals surface area contributed by atoms with Gasteiger partial charge in [-0.05, 0) is 35.8 Å². The van der Waals surface area contributed by atoms with Gasteiger partial charge in [-0.15, -0.1) is 0 Å². The van der Waals surface area contributed by atoms with Crippen LogP contribution in [-0.2, 0) is 22.4 Å². The van der Waals surface area contributed by atoms with Gasteiger partial charge in [0.25, 0.3) is 0 Å². The highest BCUT2D eigenvalue weighted by molar-refractivity contribution is 5.71. The molecule has 1 heterocycles. The van der Waals surface area contributed by atoms with Gasteiger partial charge < -0.3 is 20.1 Å². The van der Waals surface area contributed by atoms with Crippen LogP contribution in [0.15, 0.2) is 42.5 Å². The Morgan fingerprint density at radius 3 is 2.39 bits per heavy atom. The molecule has 196 valence electrons. The molecule has 0 aliphatic rings. The third kappa shape index (κ3) is 11.5. The molecule has 3 N–H and O–H groups in total. The molecule has 0 bridgehead atoms. The largest absolute Gasteiger partial charge is 0.491 e. The summed E-state index contributed by atoms with van der Waals surface area (Å²) in [7, 11) is 0. The maximum Gasteiger partial charge on any atom is 0.307 e. The molecule has 0 spiro atoms. The molecule has 7 nitrogen and oxygen atoms in total. The molecule has 0 saturated heterocycles. The Morgan fingerprint density at radius 1 is 0.972 bits per heavy atom. The summed E-state index contributed by atoms with van der Waals surface area (Å²) in [5, 5.41) is 28.7. The van der Waals surface area contributed by atoms with Crippen LogP contribution >= 0.6 is 0 Å². The van der Waals surface area contributed by atoms with Crippen LogP contribution in [-0.4, -0.2) is 38.8 Å². The molecule has 2 aromatic rings. The van der Waals surface area contributed by atoms with Gasteiger partial charge >= 0.3 is 11.9 Å². The molecule has 1 unspecified atom stereocenters. The molecule has 1 aromatic heterocycles. The average Bonchev–Trinajstić information content (AvgIpc) is 2.83. The van der Waals surface area contributed by atoms with E-state index in [0.717, 1.165) is 12.8 Å². The highest BCUT2D eigenvalue weighted by Crippen LogP contribution is 2.24. The Balaban J connectivity index is 1.99. The van der Waals surface area contributed by atoms with E-state index in [1.165, 1.54) is 44.6 Å². The molecule has 0 aliphatic heterocycles. The van der Waals surface area contributed by atoms with Crippen LogP contribution in [0.5, 0.6) is 5.75 Å². The summed E-state index contributed by atoms with van der Waals surface area (Å²) in [6, 6.07) is 10.5. The van der Waals surface area contributed by atoms with Crippen molar-refractivity contribution in [2.24, 2.45) is 0 Å². The molecular formula is C29H39NO6. The zero-order valence-corrected chi connectivity index (χ0v) is 21.2. The number of aliphatic carboxylic acids is 2. The second kappa shape index (κ2) is 16.5. The van der Waals surface area contributed by atoms with E-state index in [-0.39, 0.29) is 19.3 Å². The van der Waals surface area contributed by atoms with Gasteiger partial charge in [0, 0.05) is 12.1 Å². The molecule has 0 saturated carbocycles. The van der Waals surface area contributed by atoms with E-state index in [4.69, 9.17) is 14.9 Å². The van der Waals surface area contributed by atoms with Gasteiger partial charge in [0.2, 0.25) is 0 Å². The van der Waals surface area contributed by atoms with Crippen LogP contribution in [0.25, 0.3) is 6.08 Å². The maximum absolute atomic E-state index is 11.0. The number of carbonyl (C=O) groups is 2. The van der Waals surface area contributed by atoms with Crippen molar-refractivity contribution in [2.45, 2.75) is 83.7 Å². The van der Waals surface area contributed by atoms with Gasteiger partial charge in [-0.25, -0.2) is 4.98 Å². The van der Waals surface area contributed by atoms with Gasteiger partial charge in [0.05, 0.1) is 25.6 Å². The topological polar surface area (TPSA) is 117 Å². The number of hydrogen-bond acceptors (Lipinski definition) is 5. The molecule has 0 amide bonds. The number of nitrogens with zero attached hydrogens (tertiary/aromatic N) is 1. The van der Waals surface area contributed by atoms with Crippen LogP contribution in [0.1, 0.15) is 93.3 Å². The van der Waals surface area contributed by atoms with Crippen molar-refractivity contribution in [1.29, 1.82) is 0 Å². The molecule has 0 fully saturated rings. The summed E-state index contributed by atoms with van der Waals surface area (Å²) in [4.78, 5) is 26.5. The van der Waals surface area contributed by atoms with Gasteiger partial charge in [-0.1, -0.05) is 82.2 Å². The Morgan fingerprint density at radius 2 is 1.69 bits per heavy atom. The predicted molar refractivity (Wildman–Crippen MR) is 140 cm³/mol. The Bertz CT molecular complexity index is 987. The second-order valence-electron chi connectivity index (χ2n) is 9.05. The fourth-order valence-electron chi connectivity index (χ4n) is 3.95. The summed E-state index contributed by atoms with van der Waals surface area (Å²) in [6.07, 6.45) is 12.0. The van der Waals surface area contributed by atoms with Gasteiger partial charge in [0.15, 0.2) is 0 Å². The lowest BCUT2D eigenvalue weighted by Crippen LogP contribution is -2.07. The van der Waals surface area contributed by atoms with E-state index in [0.29, 0.717) is 34.9 Å². The minimum atomic E-state index is -0.930. The summed E-state index contributed by atoms with van der Waals surface area (Å²) >= 11 is 0. The number of aromatic nitrogens is 1. The van der Waals surface area contributed by atoms with Crippen molar-refractivity contribution in [1.82, 2.24) is 4.98 Å². The van der Waals surface area contributed by atoms with Crippen LogP contribution < -0.4 is 4.74 Å². The number of carboxylic acids is 2. The molecule has 2 rings (SSSR count). The first kappa shape index (κ1) is 29.0. The van der Waals surface area contributed by atoms with Crippen LogP contribution in [0, 0.1) is 0 Å². The van der Waals surface area contributed by atoms with Crippen LogP contribution in [0.3, 0.4) is 0 Å². The monoisotopic (exact) mass is 497 g/mol. The fraction of sp³-hybridized carbons (Fsp3) is 0.483. The molecule has 36 heavy (non-hydrogen) atoms. The summed E-state index contributed by atoms with van der Waals surface area (Å²) < 4.78 is 5.96. The fourth-order valence-corrected chi connectivity index (χ4v) is 3.95. The quantitative estimate of drug-likeness (QED) is 0.216. The molecule has 1 atom stereocenters. The lowest BCUT2D eigenvalue weighted by atomic mass is 10.0. The zero-order chi connectivity index (χ0) is 26.2. The number of carboxylic acid groups (broad SMARTS) is 2. The number of pyridine rings is 1. The first-order valence-electron chi connectivity index (χ1n) is 12.9. The minimum Gasteiger partial charge on any atom is -0.491 e. The standard InChI is InChI=1S/C29H39NO6/c1-2-3-4-5-6-7-8-9-18-36-27-17-16-24(30-25(27)14-11-15-28(32)33)21-26(31)23-13-10-12-22(19-23)20-29(34)35/h10-14,16-17,19,26,31H,2-9,15,18,20-21H2,1H3,(H,32,33)(H,34,35). The number of rotatable bonds is 18. The third-order valence-electron chi connectivity index (χ3n) is 5.86. The number of benzene rings is 1. The molecule has 0 aliphatic carbocycles. The van der Waals surface area contributed by atoms with E-state index < -0.39 is 18.0 Å². The van der Waals surface area contributed by atoms with E-state index in [9.17, 15) is 14.7 Å². The summed E-state index contributed by atoms with van der Waals surface area (Å²) in [5.74, 6) is -1.27. The van der Waals surface area contributed by atoms with E-state index >= 15 is 0 Å². The number of unbranched alkanes of at least 4 members (excludes halogenated alkanes) is 7. The van der Waals surface area contributed by atoms with Crippen molar-refractivity contribution >= 4 is 18.0 Å². The first-order valence-corrected chi connectivity index (χ1v) is 12.9. The normalized spacial score (nSPS) is 12.1. The summed E-state index contributed by atoms with van der Waals surface area (Å²) in [5.41, 5.74) is 2.39. The second-order valence-corrected chi connectivity index (χ2v) is 9.05. The zero-order valence-electron chi connectivity index (χ0n) is 21.2. The molecular weight excluding hydrogens is 458 g/mol. The molecule has 1 aromatic carbocycles. The van der Waals surface area contributed by atoms with Crippen molar-refractivity contribution in [3.05, 3.63) is 65.0 Å². The van der Waals surface area contributed by atoms with Crippen LogP contribution in [0.4, 0.5) is 0 Å². The minimum absolute atomic E-state index is 0.109. The van der Waals surface area contributed by atoms with Crippen LogP contribution in [0.2, 0.25) is 0 Å². The molecule has 7 heteroatoms. The predicted octanol–water partition coefficient (Wildman–Crippen LogP) is 5.99. The van der Waals surface area contributed by atoms with E-state index in [1.54, 1.807) is 42.5 Å². The van der Waals surface area contributed by atoms with Crippen molar-refractivity contribution in [3.8, 4) is 5.75 Å². The lowest BCUT2D eigenvalue weighted by molar-refractivity contribution is -0.137. The number of hydrogen-bond donors (Lipinski definition) is 3. The van der Waals surface area contributed by atoms with Crippen molar-refractivity contribution < 1.29 is 29.6 Å². The summed E-state index contributed by atoms with van der Waals surface area (Å²) in [6.45, 7) is 2.78. The van der Waals surface area contributed by atoms with Crippen molar-refractivity contribution in [2.75, 3.05) is 6.61 Å². The number of aliphatic hydroxyl groups is 1. The Kier molecular flexibility index (Phi) is 13.3. The first-order chi connectivity index (χ1) is 17.4. The van der Waals surface area contributed by atoms with E-state index in [2.05, 4.69) is 11.9 Å². The van der Waals surface area contributed by atoms with Crippen molar-refractivity contribution in [3.63, 3.8) is 0 Å². The number of aliphatic hydroxyl groups excluding tert-OH is 1. The van der Waals surface area contributed by atoms with Gasteiger partial charge in [-0.2, -0.15) is 0 Å². The average molecular weight is 498 g/mol. The maximum atomic E-state index is 11.0. The lowest BCUT2D eigenvalue weighted by Gasteiger charge is -2.14. The highest BCUT2D eigenvalue weighted by Gasteiger charge is 2.13. The SMILES string of the molecule is CCCCCCCCCCOc1ccc(CC(O)c2cccc(CC(=O)O)c2)nc1C=CCC(=O)O. The highest BCUT2D eigenvalue weighted by atomic mass is 16.5. The van der Waals surface area contributed by atoms with Gasteiger partial charge in [0.1, 0.15) is 11.4 Å².